The molecule has 0 bridgehead atoms. The largest absolute Gasteiger partial charge is 0.418 e. The Morgan fingerprint density at radius 1 is 1.27 bits per heavy atom. The molecule has 0 fully saturated rings. The number of aromatic nitrogens is 6. The topological polar surface area (TPSA) is 116 Å². The zero-order valence-corrected chi connectivity index (χ0v) is 16.0. The van der Waals surface area contributed by atoms with Crippen LogP contribution in [0.2, 0.25) is 0 Å². The number of nitrogens with two attached hydrogens (primary N) is 1. The van der Waals surface area contributed by atoms with Crippen molar-refractivity contribution in [3.8, 4) is 11.5 Å². The van der Waals surface area contributed by atoms with Gasteiger partial charge in [0.2, 0.25) is 17.7 Å². The van der Waals surface area contributed by atoms with Crippen LogP contribution in [0.5, 0.6) is 0 Å². The van der Waals surface area contributed by atoms with E-state index >= 15 is 0 Å². The van der Waals surface area contributed by atoms with Crippen molar-refractivity contribution in [2.75, 3.05) is 5.32 Å². The van der Waals surface area contributed by atoms with E-state index in [0.29, 0.717) is 12.1 Å². The van der Waals surface area contributed by atoms with Gasteiger partial charge in [-0.3, -0.25) is 9.48 Å². The molecule has 156 valence electrons. The summed E-state index contributed by atoms with van der Waals surface area (Å²) in [5.41, 5.74) is 4.89. The minimum atomic E-state index is -4.62. The number of carbonyl (C=O) groups excluding carboxylic acids is 1. The van der Waals surface area contributed by atoms with Crippen molar-refractivity contribution in [2.45, 2.75) is 25.6 Å². The number of nitrogens with one attached hydrogen (secondary N) is 1. The van der Waals surface area contributed by atoms with Crippen molar-refractivity contribution in [1.29, 1.82) is 0 Å². The fraction of sp³-hybridized carbons (Fsp3) is 0.278. The predicted molar refractivity (Wildman–Crippen MR) is 102 cm³/mol. The van der Waals surface area contributed by atoms with Crippen LogP contribution in [-0.2, 0) is 18.0 Å². The third kappa shape index (κ3) is 3.19. The van der Waals surface area contributed by atoms with Gasteiger partial charge in [-0.1, -0.05) is 13.0 Å². The van der Waals surface area contributed by atoms with Crippen molar-refractivity contribution >= 4 is 28.4 Å². The number of rotatable bonds is 5. The fourth-order valence-corrected chi connectivity index (χ4v) is 3.19. The van der Waals surface area contributed by atoms with Crippen molar-refractivity contribution in [3.05, 3.63) is 36.0 Å². The van der Waals surface area contributed by atoms with Crippen LogP contribution in [0.1, 0.15) is 18.9 Å². The number of anilines is 1. The fourth-order valence-electron chi connectivity index (χ4n) is 3.19. The van der Waals surface area contributed by atoms with Crippen LogP contribution < -0.4 is 11.1 Å². The molecule has 12 heteroatoms. The van der Waals surface area contributed by atoms with Crippen LogP contribution in [-0.4, -0.2) is 41.3 Å². The number of primary amides is 1. The highest BCUT2D eigenvalue weighted by atomic mass is 19.4. The zero-order chi connectivity index (χ0) is 21.6. The average molecular weight is 418 g/mol. The molecule has 0 spiro atoms. The van der Waals surface area contributed by atoms with Gasteiger partial charge < -0.3 is 11.1 Å². The van der Waals surface area contributed by atoms with E-state index in [9.17, 15) is 18.0 Å². The Labute approximate surface area is 167 Å². The Kier molecular flexibility index (Phi) is 4.56. The second-order valence-electron chi connectivity index (χ2n) is 6.65. The summed E-state index contributed by atoms with van der Waals surface area (Å²) in [5.74, 6) is -0.485. The first kappa shape index (κ1) is 19.6. The molecule has 0 saturated heterocycles. The quantitative estimate of drug-likeness (QED) is 0.514. The maximum absolute atomic E-state index is 13.6. The first-order valence-corrected chi connectivity index (χ1v) is 9.01. The second-order valence-corrected chi connectivity index (χ2v) is 6.65. The molecule has 0 aliphatic carbocycles. The van der Waals surface area contributed by atoms with Gasteiger partial charge in [-0.15, -0.1) is 5.10 Å². The van der Waals surface area contributed by atoms with Crippen LogP contribution in [0.25, 0.3) is 28.1 Å². The van der Waals surface area contributed by atoms with Gasteiger partial charge in [0, 0.05) is 18.6 Å². The van der Waals surface area contributed by atoms with Crippen LogP contribution in [0, 0.1) is 0 Å². The number of nitrogens with zero attached hydrogens (tertiary/aromatic N) is 6. The Hall–Kier alpha value is -3.70. The predicted octanol–water partition coefficient (Wildman–Crippen LogP) is 2.37. The van der Waals surface area contributed by atoms with E-state index in [2.05, 4.69) is 25.5 Å². The number of amides is 1. The van der Waals surface area contributed by atoms with Crippen molar-refractivity contribution in [1.82, 2.24) is 29.4 Å². The molecule has 3 aromatic heterocycles. The van der Waals surface area contributed by atoms with Crippen LogP contribution >= 0.6 is 0 Å². The van der Waals surface area contributed by atoms with Gasteiger partial charge in [-0.05, 0) is 24.6 Å². The molecule has 0 aliphatic heterocycles. The summed E-state index contributed by atoms with van der Waals surface area (Å²) in [4.78, 5) is 20.3. The van der Waals surface area contributed by atoms with E-state index in [4.69, 9.17) is 5.73 Å². The summed E-state index contributed by atoms with van der Waals surface area (Å²) in [6.07, 6.45) is -2.76. The van der Waals surface area contributed by atoms with E-state index in [-0.39, 0.29) is 28.3 Å². The third-order valence-corrected chi connectivity index (χ3v) is 4.71. The molecule has 3 N–H and O–H groups in total. The number of benzene rings is 1. The second kappa shape index (κ2) is 6.97. The number of hydrogen-bond donors (Lipinski definition) is 2. The Morgan fingerprint density at radius 3 is 2.63 bits per heavy atom. The molecule has 1 atom stereocenters. The lowest BCUT2D eigenvalue weighted by Crippen LogP contribution is -2.35. The Bertz CT molecular complexity index is 1260. The molecule has 3 heterocycles. The minimum Gasteiger partial charge on any atom is -0.368 e. The molecule has 0 unspecified atom stereocenters. The van der Waals surface area contributed by atoms with Crippen molar-refractivity contribution < 1.29 is 18.0 Å². The number of aryl methyl sites for hydroxylation is 1. The highest BCUT2D eigenvalue weighted by molar-refractivity contribution is 5.95. The summed E-state index contributed by atoms with van der Waals surface area (Å²) >= 11 is 0. The first-order chi connectivity index (χ1) is 14.2. The van der Waals surface area contributed by atoms with Crippen molar-refractivity contribution in [3.63, 3.8) is 0 Å². The van der Waals surface area contributed by atoms with E-state index in [1.54, 1.807) is 26.2 Å². The Morgan fingerprint density at radius 2 is 2.03 bits per heavy atom. The number of hydrogen-bond acceptors (Lipinski definition) is 6. The smallest absolute Gasteiger partial charge is 0.368 e. The summed E-state index contributed by atoms with van der Waals surface area (Å²) in [6.45, 7) is 1.71. The number of alkyl halides is 3. The number of fused-ring (bicyclic) bond motifs is 3. The molecule has 4 rings (SSSR count). The van der Waals surface area contributed by atoms with Gasteiger partial charge in [0.25, 0.3) is 0 Å². The number of halogens is 3. The number of carbonyl (C=O) groups is 1. The lowest BCUT2D eigenvalue weighted by Gasteiger charge is -2.16. The van der Waals surface area contributed by atoms with Crippen LogP contribution in [0.4, 0.5) is 19.1 Å². The van der Waals surface area contributed by atoms with Crippen LogP contribution in [0.15, 0.2) is 30.5 Å². The lowest BCUT2D eigenvalue weighted by atomic mass is 10.1. The van der Waals surface area contributed by atoms with Crippen LogP contribution in [0.3, 0.4) is 0 Å². The third-order valence-electron chi connectivity index (χ3n) is 4.71. The summed E-state index contributed by atoms with van der Waals surface area (Å²) in [6, 6.07) is 4.55. The highest BCUT2D eigenvalue weighted by Crippen LogP contribution is 2.36. The molecule has 0 radical (unpaired) electrons. The summed E-state index contributed by atoms with van der Waals surface area (Å²) < 4.78 is 43.6. The van der Waals surface area contributed by atoms with Gasteiger partial charge in [-0.25, -0.2) is 9.97 Å². The molecule has 9 nitrogen and oxygen atoms in total. The average Bonchev–Trinajstić information content (AvgIpc) is 3.30. The summed E-state index contributed by atoms with van der Waals surface area (Å²) in [5, 5.41) is 11.4. The van der Waals surface area contributed by atoms with Crippen molar-refractivity contribution in [2.24, 2.45) is 12.8 Å². The maximum atomic E-state index is 13.6. The van der Waals surface area contributed by atoms with Gasteiger partial charge >= 0.3 is 6.18 Å². The number of para-hydroxylation sites is 1. The molecule has 1 aromatic carbocycles. The molecule has 1 amide bonds. The Balaban J connectivity index is 2.04. The van der Waals surface area contributed by atoms with E-state index in [1.807, 2.05) is 0 Å². The molecule has 0 saturated carbocycles. The SMILES string of the molecule is CC[C@H](Nc1nc2c(C(F)(F)F)cccc2c2nc(-c3ccnn3C)nn12)C(N)=O. The van der Waals surface area contributed by atoms with Gasteiger partial charge in [-0.2, -0.15) is 22.8 Å². The zero-order valence-electron chi connectivity index (χ0n) is 16.0. The standard InChI is InChI=1S/C18H17F3N8O/c1-3-11(14(22)30)24-17-25-13-9(5-4-6-10(13)18(19,20)21)16-26-15(27-29(16)17)12-7-8-23-28(12)2/h4-8,11H,3H2,1-2H3,(H2,22,30)(H,24,25)/t11-/m0/s1. The van der Waals surface area contributed by atoms with E-state index in [0.717, 1.165) is 6.07 Å². The van der Waals surface area contributed by atoms with Gasteiger partial charge in [0.15, 0.2) is 5.65 Å². The van der Waals surface area contributed by atoms with Gasteiger partial charge in [0.05, 0.1) is 11.1 Å². The maximum Gasteiger partial charge on any atom is 0.418 e. The monoisotopic (exact) mass is 418 g/mol. The molecular formula is C18H17F3N8O. The normalized spacial score (nSPS) is 13.1. The molecule has 30 heavy (non-hydrogen) atoms. The minimum absolute atomic E-state index is 0.0687. The van der Waals surface area contributed by atoms with Gasteiger partial charge in [0.1, 0.15) is 11.7 Å². The van der Waals surface area contributed by atoms with E-state index < -0.39 is 23.7 Å². The van der Waals surface area contributed by atoms with E-state index in [1.165, 1.54) is 21.3 Å². The first-order valence-electron chi connectivity index (χ1n) is 9.01. The molecule has 4 aromatic rings. The molecular weight excluding hydrogens is 401 g/mol. The molecule has 0 aliphatic rings. The highest BCUT2D eigenvalue weighted by Gasteiger charge is 2.34. The summed E-state index contributed by atoms with van der Waals surface area (Å²) in [7, 11) is 1.69. The lowest BCUT2D eigenvalue weighted by molar-refractivity contribution is -0.136.